The Morgan fingerprint density at radius 2 is 2.43 bits per heavy atom. The largest absolute Gasteiger partial charge is 0.351 e. The first kappa shape index (κ1) is 11.0. The summed E-state index contributed by atoms with van der Waals surface area (Å²) in [5.74, 6) is -0.0567. The Bertz CT molecular complexity index is 230. The zero-order valence-electron chi connectivity index (χ0n) is 8.45. The summed E-state index contributed by atoms with van der Waals surface area (Å²) >= 11 is 0. The second-order valence-electron chi connectivity index (χ2n) is 3.62. The lowest BCUT2D eigenvalue weighted by atomic mass is 10.3. The van der Waals surface area contributed by atoms with E-state index in [1.807, 2.05) is 6.92 Å². The molecule has 0 aromatic carbocycles. The highest BCUT2D eigenvalue weighted by molar-refractivity contribution is 5.85. The van der Waals surface area contributed by atoms with Crippen molar-refractivity contribution >= 4 is 11.8 Å². The Hall–Kier alpha value is -1.10. The van der Waals surface area contributed by atoms with Gasteiger partial charge in [-0.05, 0) is 13.3 Å². The minimum Gasteiger partial charge on any atom is -0.351 e. The fourth-order valence-corrected chi connectivity index (χ4v) is 1.42. The third-order valence-corrected chi connectivity index (χ3v) is 2.27. The number of nitrogens with one attached hydrogen (secondary N) is 1. The molecule has 0 aromatic heterocycles. The van der Waals surface area contributed by atoms with Crippen molar-refractivity contribution in [2.24, 2.45) is 5.73 Å². The van der Waals surface area contributed by atoms with Crippen molar-refractivity contribution in [3.63, 3.8) is 0 Å². The van der Waals surface area contributed by atoms with Gasteiger partial charge in [0.05, 0.1) is 6.54 Å². The summed E-state index contributed by atoms with van der Waals surface area (Å²) in [6.07, 6.45) is 1.43. The van der Waals surface area contributed by atoms with Gasteiger partial charge in [0, 0.05) is 25.6 Å². The lowest BCUT2D eigenvalue weighted by molar-refractivity contribution is -0.133. The molecule has 1 saturated heterocycles. The third-order valence-electron chi connectivity index (χ3n) is 2.27. The van der Waals surface area contributed by atoms with E-state index in [9.17, 15) is 9.59 Å². The monoisotopic (exact) mass is 199 g/mol. The third kappa shape index (κ3) is 2.99. The van der Waals surface area contributed by atoms with Crippen molar-refractivity contribution in [3.05, 3.63) is 0 Å². The first-order valence-electron chi connectivity index (χ1n) is 4.90. The lowest BCUT2D eigenvalue weighted by Gasteiger charge is -2.17. The molecule has 0 aliphatic carbocycles. The molecule has 0 saturated carbocycles. The molecule has 1 rings (SSSR count). The zero-order chi connectivity index (χ0) is 10.6. The molecule has 1 fully saturated rings. The van der Waals surface area contributed by atoms with Crippen LogP contribution in [0.2, 0.25) is 0 Å². The number of amides is 2. The lowest BCUT2D eigenvalue weighted by Crippen LogP contribution is -2.44. The second-order valence-corrected chi connectivity index (χ2v) is 3.62. The highest BCUT2D eigenvalue weighted by Crippen LogP contribution is 2.08. The maximum atomic E-state index is 11.4. The van der Waals surface area contributed by atoms with Gasteiger partial charge in [-0.1, -0.05) is 0 Å². The van der Waals surface area contributed by atoms with Gasteiger partial charge in [0.2, 0.25) is 11.8 Å². The molecule has 3 N–H and O–H groups in total. The number of rotatable bonds is 4. The highest BCUT2D eigenvalue weighted by Gasteiger charge is 2.22. The summed E-state index contributed by atoms with van der Waals surface area (Å²) < 4.78 is 0. The van der Waals surface area contributed by atoms with Crippen LogP contribution in [0.1, 0.15) is 19.8 Å². The summed E-state index contributed by atoms with van der Waals surface area (Å²) in [5, 5.41) is 2.72. The number of hydrogen-bond donors (Lipinski definition) is 2. The molecular formula is C9H17N3O2. The van der Waals surface area contributed by atoms with E-state index in [4.69, 9.17) is 5.73 Å². The van der Waals surface area contributed by atoms with Crippen LogP contribution >= 0.6 is 0 Å². The van der Waals surface area contributed by atoms with Gasteiger partial charge in [0.15, 0.2) is 0 Å². The van der Waals surface area contributed by atoms with E-state index in [-0.39, 0.29) is 24.4 Å². The molecule has 0 radical (unpaired) electrons. The van der Waals surface area contributed by atoms with Crippen LogP contribution in [0, 0.1) is 0 Å². The van der Waals surface area contributed by atoms with E-state index >= 15 is 0 Å². The van der Waals surface area contributed by atoms with Crippen molar-refractivity contribution in [1.29, 1.82) is 0 Å². The van der Waals surface area contributed by atoms with Crippen molar-refractivity contribution in [2.45, 2.75) is 25.8 Å². The van der Waals surface area contributed by atoms with Gasteiger partial charge < -0.3 is 16.0 Å². The van der Waals surface area contributed by atoms with E-state index in [0.29, 0.717) is 19.5 Å². The molecule has 80 valence electrons. The van der Waals surface area contributed by atoms with Gasteiger partial charge in [-0.25, -0.2) is 0 Å². The fraction of sp³-hybridized carbons (Fsp3) is 0.778. The van der Waals surface area contributed by atoms with E-state index in [1.165, 1.54) is 0 Å². The summed E-state index contributed by atoms with van der Waals surface area (Å²) in [4.78, 5) is 24.1. The van der Waals surface area contributed by atoms with Gasteiger partial charge >= 0.3 is 0 Å². The van der Waals surface area contributed by atoms with Crippen LogP contribution in [-0.2, 0) is 9.59 Å². The number of nitrogens with two attached hydrogens (primary N) is 1. The van der Waals surface area contributed by atoms with Gasteiger partial charge in [0.1, 0.15) is 0 Å². The number of carbonyl (C=O) groups excluding carboxylic acids is 2. The molecule has 1 atom stereocenters. The van der Waals surface area contributed by atoms with E-state index in [1.54, 1.807) is 4.90 Å². The molecule has 1 aliphatic rings. The van der Waals surface area contributed by atoms with Gasteiger partial charge in [-0.2, -0.15) is 0 Å². The number of hydrogen-bond acceptors (Lipinski definition) is 3. The average molecular weight is 199 g/mol. The van der Waals surface area contributed by atoms with Crippen LogP contribution in [0.5, 0.6) is 0 Å². The second kappa shape index (κ2) is 4.95. The van der Waals surface area contributed by atoms with Gasteiger partial charge in [-0.15, -0.1) is 0 Å². The van der Waals surface area contributed by atoms with Gasteiger partial charge in [-0.3, -0.25) is 9.59 Å². The predicted octanol–water partition coefficient (Wildman–Crippen LogP) is -0.928. The molecule has 1 heterocycles. The average Bonchev–Trinajstić information content (AvgIpc) is 2.51. The van der Waals surface area contributed by atoms with Crippen LogP contribution in [0.25, 0.3) is 0 Å². The van der Waals surface area contributed by atoms with Crippen molar-refractivity contribution < 1.29 is 9.59 Å². The molecule has 0 aromatic rings. The Kier molecular flexibility index (Phi) is 3.88. The molecule has 0 spiro atoms. The molecule has 5 nitrogen and oxygen atoms in total. The quantitative estimate of drug-likeness (QED) is 0.614. The number of carbonyl (C=O) groups is 2. The number of nitrogens with zero attached hydrogens (tertiary/aromatic N) is 1. The van der Waals surface area contributed by atoms with Crippen LogP contribution < -0.4 is 11.1 Å². The molecular weight excluding hydrogens is 182 g/mol. The van der Waals surface area contributed by atoms with E-state index < -0.39 is 0 Å². The standard InChI is InChI=1S/C9H17N3O2/c1-7(5-10)11-8(13)6-12-4-2-3-9(12)14/h7H,2-6,10H2,1H3,(H,11,13)/t7-/m1/s1. The fourth-order valence-electron chi connectivity index (χ4n) is 1.42. The van der Waals surface area contributed by atoms with E-state index in [0.717, 1.165) is 6.42 Å². The van der Waals surface area contributed by atoms with Crippen molar-refractivity contribution in [2.75, 3.05) is 19.6 Å². The summed E-state index contributed by atoms with van der Waals surface area (Å²) in [5.41, 5.74) is 5.36. The Balaban J connectivity index is 2.29. The Morgan fingerprint density at radius 1 is 1.71 bits per heavy atom. The Labute approximate surface area is 83.6 Å². The van der Waals surface area contributed by atoms with Crippen molar-refractivity contribution in [1.82, 2.24) is 10.2 Å². The molecule has 14 heavy (non-hydrogen) atoms. The SMILES string of the molecule is C[C@H](CN)NC(=O)CN1CCCC1=O. The van der Waals surface area contributed by atoms with E-state index in [2.05, 4.69) is 5.32 Å². The first-order valence-corrected chi connectivity index (χ1v) is 4.90. The van der Waals surface area contributed by atoms with Crippen LogP contribution in [-0.4, -0.2) is 42.4 Å². The molecule has 5 heteroatoms. The predicted molar refractivity (Wildman–Crippen MR) is 52.5 cm³/mol. The smallest absolute Gasteiger partial charge is 0.239 e. The molecule has 0 bridgehead atoms. The molecule has 0 unspecified atom stereocenters. The zero-order valence-corrected chi connectivity index (χ0v) is 8.45. The summed E-state index contributed by atoms with van der Waals surface area (Å²) in [6, 6.07) is -0.0276. The van der Waals surface area contributed by atoms with Gasteiger partial charge in [0.25, 0.3) is 0 Å². The normalized spacial score (nSPS) is 18.4. The number of likely N-dealkylation sites (tertiary alicyclic amines) is 1. The highest BCUT2D eigenvalue weighted by atomic mass is 16.2. The topological polar surface area (TPSA) is 75.4 Å². The first-order chi connectivity index (χ1) is 6.63. The van der Waals surface area contributed by atoms with Crippen molar-refractivity contribution in [3.8, 4) is 0 Å². The maximum Gasteiger partial charge on any atom is 0.239 e. The summed E-state index contributed by atoms with van der Waals surface area (Å²) in [6.45, 7) is 3.12. The minimum absolute atomic E-state index is 0.0276. The summed E-state index contributed by atoms with van der Waals surface area (Å²) in [7, 11) is 0. The van der Waals surface area contributed by atoms with Crippen LogP contribution in [0.4, 0.5) is 0 Å². The molecule has 1 aliphatic heterocycles. The Morgan fingerprint density at radius 3 is 2.93 bits per heavy atom. The molecule has 2 amide bonds. The van der Waals surface area contributed by atoms with Crippen LogP contribution in [0.15, 0.2) is 0 Å². The van der Waals surface area contributed by atoms with Crippen LogP contribution in [0.3, 0.4) is 0 Å². The minimum atomic E-state index is -0.127. The maximum absolute atomic E-state index is 11.4.